The zero-order valence-corrected chi connectivity index (χ0v) is 8.95. The van der Waals surface area contributed by atoms with Gasteiger partial charge in [-0.1, -0.05) is 11.6 Å². The molecule has 78 valence electrons. The van der Waals surface area contributed by atoms with Crippen LogP contribution in [0.3, 0.4) is 0 Å². The lowest BCUT2D eigenvalue weighted by Crippen LogP contribution is -2.27. The second kappa shape index (κ2) is 4.11. The molecule has 4 nitrogen and oxygen atoms in total. The highest BCUT2D eigenvalue weighted by Crippen LogP contribution is 2.09. The van der Waals surface area contributed by atoms with E-state index in [1.807, 2.05) is 0 Å². The molecular formula is C9H13ClN2O2. The first-order valence-corrected chi connectivity index (χ1v) is 4.71. The maximum Gasteiger partial charge on any atom is 0.347 e. The van der Waals surface area contributed by atoms with E-state index in [0.29, 0.717) is 18.0 Å². The van der Waals surface area contributed by atoms with E-state index in [1.54, 1.807) is 13.8 Å². The molecule has 1 aromatic rings. The minimum atomic E-state index is -0.790. The zero-order chi connectivity index (χ0) is 10.8. The predicted octanol–water partition coefficient (Wildman–Crippen LogP) is 1.06. The average Bonchev–Trinajstić information content (AvgIpc) is 2.05. The maximum atomic E-state index is 11.2. The molecule has 5 heteroatoms. The minimum Gasteiger partial charge on any atom is -0.390 e. The Kier molecular flexibility index (Phi) is 3.29. The van der Waals surface area contributed by atoms with E-state index in [-0.39, 0.29) is 5.69 Å². The molecule has 14 heavy (non-hydrogen) atoms. The van der Waals surface area contributed by atoms with Crippen LogP contribution in [0.5, 0.6) is 0 Å². The summed E-state index contributed by atoms with van der Waals surface area (Å²) in [5, 5.41) is 9.89. The van der Waals surface area contributed by atoms with Gasteiger partial charge in [-0.2, -0.15) is 0 Å². The molecule has 0 aliphatic rings. The van der Waals surface area contributed by atoms with Crippen LogP contribution in [-0.4, -0.2) is 20.3 Å². The Morgan fingerprint density at radius 2 is 2.29 bits per heavy atom. The summed E-state index contributed by atoms with van der Waals surface area (Å²) in [7, 11) is 0. The molecule has 0 radical (unpaired) electrons. The fourth-order valence-electron chi connectivity index (χ4n) is 0.983. The first kappa shape index (κ1) is 11.2. The van der Waals surface area contributed by atoms with Gasteiger partial charge in [0.05, 0.1) is 16.8 Å². The van der Waals surface area contributed by atoms with Crippen LogP contribution in [-0.2, 0) is 6.54 Å². The molecule has 0 saturated heterocycles. The smallest absolute Gasteiger partial charge is 0.347 e. The highest BCUT2D eigenvalue weighted by atomic mass is 35.5. The summed E-state index contributed by atoms with van der Waals surface area (Å²) in [5.74, 6) is 0. The number of aromatic nitrogens is 2. The van der Waals surface area contributed by atoms with E-state index in [2.05, 4.69) is 4.98 Å². The van der Waals surface area contributed by atoms with Crippen LogP contribution in [0.4, 0.5) is 0 Å². The number of halogens is 1. The normalized spacial score (nSPS) is 11.7. The lowest BCUT2D eigenvalue weighted by molar-refractivity contribution is 0.0658. The van der Waals surface area contributed by atoms with E-state index >= 15 is 0 Å². The summed E-state index contributed by atoms with van der Waals surface area (Å²) in [5.41, 5.74) is -1.14. The molecule has 0 fully saturated rings. The van der Waals surface area contributed by atoms with Crippen molar-refractivity contribution in [2.45, 2.75) is 32.4 Å². The standard InChI is InChI=1S/C9H13ClN2O2/c1-9(2,14)3-4-12-6-7(10)5-11-8(12)13/h5-6,14H,3-4H2,1-2H3. The van der Waals surface area contributed by atoms with Crippen molar-refractivity contribution in [3.05, 3.63) is 27.9 Å². The summed E-state index contributed by atoms with van der Waals surface area (Å²) in [6.07, 6.45) is 3.31. The van der Waals surface area contributed by atoms with E-state index in [1.165, 1.54) is 17.0 Å². The average molecular weight is 217 g/mol. The molecule has 0 aliphatic heterocycles. The van der Waals surface area contributed by atoms with Gasteiger partial charge < -0.3 is 5.11 Å². The van der Waals surface area contributed by atoms with Crippen molar-refractivity contribution < 1.29 is 5.11 Å². The molecule has 0 atom stereocenters. The fraction of sp³-hybridized carbons (Fsp3) is 0.556. The second-order valence-electron chi connectivity index (χ2n) is 3.81. The summed E-state index contributed by atoms with van der Waals surface area (Å²) in [6.45, 7) is 3.79. The van der Waals surface area contributed by atoms with Crippen molar-refractivity contribution in [2.75, 3.05) is 0 Å². The van der Waals surface area contributed by atoms with Gasteiger partial charge in [0.15, 0.2) is 0 Å². The van der Waals surface area contributed by atoms with Crippen molar-refractivity contribution in [2.24, 2.45) is 0 Å². The lowest BCUT2D eigenvalue weighted by Gasteiger charge is -2.17. The first-order valence-electron chi connectivity index (χ1n) is 4.33. The van der Waals surface area contributed by atoms with E-state index in [4.69, 9.17) is 11.6 Å². The Hall–Kier alpha value is -0.870. The Morgan fingerprint density at radius 1 is 1.64 bits per heavy atom. The van der Waals surface area contributed by atoms with Gasteiger partial charge in [-0.15, -0.1) is 0 Å². The van der Waals surface area contributed by atoms with Crippen molar-refractivity contribution >= 4 is 11.6 Å². The number of rotatable bonds is 3. The topological polar surface area (TPSA) is 55.1 Å². The van der Waals surface area contributed by atoms with Crippen molar-refractivity contribution in [1.82, 2.24) is 9.55 Å². The molecule has 0 spiro atoms. The van der Waals surface area contributed by atoms with Gasteiger partial charge in [-0.05, 0) is 20.3 Å². The third-order valence-electron chi connectivity index (χ3n) is 1.79. The quantitative estimate of drug-likeness (QED) is 0.822. The summed E-state index contributed by atoms with van der Waals surface area (Å²) < 4.78 is 1.39. The minimum absolute atomic E-state index is 0.348. The van der Waals surface area contributed by atoms with Crippen molar-refractivity contribution in [1.29, 1.82) is 0 Å². The monoisotopic (exact) mass is 216 g/mol. The predicted molar refractivity (Wildman–Crippen MR) is 54.4 cm³/mol. The van der Waals surface area contributed by atoms with Crippen molar-refractivity contribution in [3.8, 4) is 0 Å². The molecule has 1 N–H and O–H groups in total. The van der Waals surface area contributed by atoms with Gasteiger partial charge in [0.2, 0.25) is 0 Å². The number of hydrogen-bond acceptors (Lipinski definition) is 3. The Bertz CT molecular complexity index is 368. The van der Waals surface area contributed by atoms with E-state index < -0.39 is 5.60 Å². The Labute approximate surface area is 87.2 Å². The van der Waals surface area contributed by atoms with Crippen LogP contribution < -0.4 is 5.69 Å². The molecule has 0 bridgehead atoms. The molecule has 1 rings (SSSR count). The van der Waals surface area contributed by atoms with Gasteiger partial charge in [-0.3, -0.25) is 4.57 Å². The molecule has 1 heterocycles. The van der Waals surface area contributed by atoms with Crippen LogP contribution in [0, 0.1) is 0 Å². The number of aliphatic hydroxyl groups is 1. The van der Waals surface area contributed by atoms with E-state index in [0.717, 1.165) is 0 Å². The number of aryl methyl sites for hydroxylation is 1. The lowest BCUT2D eigenvalue weighted by atomic mass is 10.1. The zero-order valence-electron chi connectivity index (χ0n) is 8.20. The largest absolute Gasteiger partial charge is 0.390 e. The summed E-state index contributed by atoms with van der Waals surface area (Å²) >= 11 is 5.68. The Morgan fingerprint density at radius 3 is 2.86 bits per heavy atom. The molecule has 0 aromatic carbocycles. The third-order valence-corrected chi connectivity index (χ3v) is 1.98. The van der Waals surface area contributed by atoms with Gasteiger partial charge in [0, 0.05) is 12.7 Å². The van der Waals surface area contributed by atoms with Crippen LogP contribution in [0.1, 0.15) is 20.3 Å². The number of nitrogens with zero attached hydrogens (tertiary/aromatic N) is 2. The highest BCUT2D eigenvalue weighted by molar-refractivity contribution is 6.30. The maximum absolute atomic E-state index is 11.2. The Balaban J connectivity index is 2.77. The SMILES string of the molecule is CC(C)(O)CCn1cc(Cl)cnc1=O. The van der Waals surface area contributed by atoms with E-state index in [9.17, 15) is 9.90 Å². The first-order chi connectivity index (χ1) is 6.38. The number of hydrogen-bond donors (Lipinski definition) is 1. The summed E-state index contributed by atoms with van der Waals surface area (Å²) in [4.78, 5) is 14.8. The summed E-state index contributed by atoms with van der Waals surface area (Å²) in [6, 6.07) is 0. The molecule has 1 aromatic heterocycles. The molecular weight excluding hydrogens is 204 g/mol. The van der Waals surface area contributed by atoms with Crippen LogP contribution in [0.2, 0.25) is 5.02 Å². The van der Waals surface area contributed by atoms with Crippen LogP contribution in [0.25, 0.3) is 0 Å². The van der Waals surface area contributed by atoms with Crippen molar-refractivity contribution in [3.63, 3.8) is 0 Å². The molecule has 0 amide bonds. The van der Waals surface area contributed by atoms with Gasteiger partial charge in [-0.25, -0.2) is 9.78 Å². The third kappa shape index (κ3) is 3.47. The van der Waals surface area contributed by atoms with Crippen LogP contribution >= 0.6 is 11.6 Å². The second-order valence-corrected chi connectivity index (χ2v) is 4.25. The molecule has 0 saturated carbocycles. The van der Waals surface area contributed by atoms with Gasteiger partial charge in [0.1, 0.15) is 0 Å². The van der Waals surface area contributed by atoms with Crippen LogP contribution in [0.15, 0.2) is 17.2 Å². The van der Waals surface area contributed by atoms with Gasteiger partial charge in [0.25, 0.3) is 0 Å². The molecule has 0 unspecified atom stereocenters. The van der Waals surface area contributed by atoms with Gasteiger partial charge >= 0.3 is 5.69 Å². The highest BCUT2D eigenvalue weighted by Gasteiger charge is 2.12. The fourth-order valence-corrected chi connectivity index (χ4v) is 1.15. The molecule has 0 aliphatic carbocycles.